The minimum Gasteiger partial charge on any atom is -0.394 e. The smallest absolute Gasteiger partial charge is 0.330 e. The van der Waals surface area contributed by atoms with Crippen LogP contribution in [0.25, 0.3) is 0 Å². The molecule has 11 heteroatoms. The van der Waals surface area contributed by atoms with Crippen LogP contribution in [-0.4, -0.2) is 48.1 Å². The van der Waals surface area contributed by atoms with Gasteiger partial charge in [0.25, 0.3) is 15.7 Å². The normalized spacial score (nSPS) is 26.1. The highest BCUT2D eigenvalue weighted by Crippen LogP contribution is 2.30. The monoisotopic (exact) mass is 324 g/mol. The van der Waals surface area contributed by atoms with E-state index in [9.17, 15) is 22.4 Å². The van der Waals surface area contributed by atoms with Gasteiger partial charge in [0.15, 0.2) is 0 Å². The number of aliphatic hydroxyl groups is 1. The van der Waals surface area contributed by atoms with Crippen molar-refractivity contribution in [3.05, 3.63) is 32.9 Å². The zero-order chi connectivity index (χ0) is 15.8. The van der Waals surface area contributed by atoms with E-state index in [0.717, 1.165) is 10.8 Å². The molecule has 1 aromatic heterocycles. The van der Waals surface area contributed by atoms with E-state index in [-0.39, 0.29) is 6.42 Å². The third-order valence-electron chi connectivity index (χ3n) is 2.89. The highest BCUT2D eigenvalue weighted by atomic mass is 32.2. The highest BCUT2D eigenvalue weighted by Gasteiger charge is 2.39. The Balaban J connectivity index is 2.29. The van der Waals surface area contributed by atoms with Crippen molar-refractivity contribution in [3.8, 4) is 0 Å². The van der Waals surface area contributed by atoms with Gasteiger partial charge in [-0.05, 0) is 0 Å². The summed E-state index contributed by atoms with van der Waals surface area (Å²) < 4.78 is 46.3. The van der Waals surface area contributed by atoms with Gasteiger partial charge in [-0.25, -0.2) is 4.79 Å². The summed E-state index contributed by atoms with van der Waals surface area (Å²) in [6.45, 7) is -0.544. The second-order valence-corrected chi connectivity index (χ2v) is 6.13. The lowest BCUT2D eigenvalue weighted by molar-refractivity contribution is -0.0416. The SMILES string of the molecule is CS(=O)(=O)O[C@@H]1C[C@H](n2cc(F)c(=O)[nH]c2=O)O[C@@H]1CO. The third kappa shape index (κ3) is 3.56. The van der Waals surface area contributed by atoms with E-state index >= 15 is 0 Å². The van der Waals surface area contributed by atoms with Gasteiger partial charge in [-0.2, -0.15) is 12.8 Å². The maximum absolute atomic E-state index is 13.2. The number of nitrogens with one attached hydrogen (secondary N) is 1. The summed E-state index contributed by atoms with van der Waals surface area (Å²) >= 11 is 0. The summed E-state index contributed by atoms with van der Waals surface area (Å²) in [4.78, 5) is 24.3. The molecule has 9 nitrogen and oxygen atoms in total. The fraction of sp³-hybridized carbons (Fsp3) is 0.600. The Morgan fingerprint density at radius 3 is 2.81 bits per heavy atom. The molecular weight excluding hydrogens is 311 g/mol. The first kappa shape index (κ1) is 15.8. The molecule has 3 atom stereocenters. The Hall–Kier alpha value is -1.56. The van der Waals surface area contributed by atoms with Gasteiger partial charge in [0.1, 0.15) is 18.4 Å². The molecular formula is C10H13FN2O7S. The number of aliphatic hydroxyl groups excluding tert-OH is 1. The molecule has 21 heavy (non-hydrogen) atoms. The molecule has 0 spiro atoms. The molecule has 0 unspecified atom stereocenters. The summed E-state index contributed by atoms with van der Waals surface area (Å²) in [5.41, 5.74) is -2.08. The summed E-state index contributed by atoms with van der Waals surface area (Å²) in [7, 11) is -3.79. The lowest BCUT2D eigenvalue weighted by Gasteiger charge is -2.14. The molecule has 1 saturated heterocycles. The van der Waals surface area contributed by atoms with Crippen LogP contribution in [0.3, 0.4) is 0 Å². The molecule has 0 radical (unpaired) electrons. The molecule has 1 aromatic rings. The van der Waals surface area contributed by atoms with Gasteiger partial charge in [-0.3, -0.25) is 18.5 Å². The largest absolute Gasteiger partial charge is 0.394 e. The van der Waals surface area contributed by atoms with Crippen LogP contribution < -0.4 is 11.2 Å². The minimum atomic E-state index is -3.79. The Morgan fingerprint density at radius 1 is 1.57 bits per heavy atom. The van der Waals surface area contributed by atoms with Crippen molar-refractivity contribution in [2.45, 2.75) is 24.9 Å². The third-order valence-corrected chi connectivity index (χ3v) is 3.49. The maximum Gasteiger partial charge on any atom is 0.330 e. The molecule has 1 aliphatic heterocycles. The fourth-order valence-corrected chi connectivity index (χ4v) is 2.69. The number of nitrogens with zero attached hydrogens (tertiary/aromatic N) is 1. The Labute approximate surface area is 118 Å². The van der Waals surface area contributed by atoms with Crippen LogP contribution in [-0.2, 0) is 19.0 Å². The Morgan fingerprint density at radius 2 is 2.24 bits per heavy atom. The number of aromatic amines is 1. The van der Waals surface area contributed by atoms with E-state index in [2.05, 4.69) is 0 Å². The second kappa shape index (κ2) is 5.67. The van der Waals surface area contributed by atoms with Crippen LogP contribution in [0.2, 0.25) is 0 Å². The van der Waals surface area contributed by atoms with E-state index in [1.54, 1.807) is 4.98 Å². The predicted molar refractivity (Wildman–Crippen MR) is 66.6 cm³/mol. The lowest BCUT2D eigenvalue weighted by Crippen LogP contribution is -2.34. The molecule has 0 aliphatic carbocycles. The van der Waals surface area contributed by atoms with E-state index in [0.29, 0.717) is 6.20 Å². The van der Waals surface area contributed by atoms with Crippen LogP contribution >= 0.6 is 0 Å². The van der Waals surface area contributed by atoms with Crippen LogP contribution in [0.15, 0.2) is 15.8 Å². The maximum atomic E-state index is 13.2. The van der Waals surface area contributed by atoms with Gasteiger partial charge in [-0.1, -0.05) is 0 Å². The van der Waals surface area contributed by atoms with Gasteiger partial charge >= 0.3 is 5.69 Å². The summed E-state index contributed by atoms with van der Waals surface area (Å²) in [5.74, 6) is -1.19. The quantitative estimate of drug-likeness (QED) is 0.632. The highest BCUT2D eigenvalue weighted by molar-refractivity contribution is 7.86. The number of hydrogen-bond donors (Lipinski definition) is 2. The number of aromatic nitrogens is 2. The molecule has 2 heterocycles. The summed E-state index contributed by atoms with van der Waals surface area (Å²) in [6, 6.07) is 0. The standard InChI is InChI=1S/C10H13FN2O7S/c1-21(17,18)20-6-2-8(19-7(6)4-14)13-3-5(11)9(15)12-10(13)16/h3,6-8,14H,2,4H2,1H3,(H,12,15,16)/t6-,7-,8-/m1/s1. The van der Waals surface area contributed by atoms with Crippen LogP contribution in [0.5, 0.6) is 0 Å². The minimum absolute atomic E-state index is 0.107. The molecule has 0 saturated carbocycles. The van der Waals surface area contributed by atoms with Crippen LogP contribution in [0, 0.1) is 5.82 Å². The lowest BCUT2D eigenvalue weighted by atomic mass is 10.2. The fourth-order valence-electron chi connectivity index (χ4n) is 2.04. The topological polar surface area (TPSA) is 128 Å². The predicted octanol–water partition coefficient (Wildman–Crippen LogP) is -1.70. The van der Waals surface area contributed by atoms with Crippen molar-refractivity contribution in [3.63, 3.8) is 0 Å². The molecule has 118 valence electrons. The van der Waals surface area contributed by atoms with Gasteiger partial charge < -0.3 is 9.84 Å². The van der Waals surface area contributed by atoms with Gasteiger partial charge in [0.2, 0.25) is 5.82 Å². The first-order valence-corrected chi connectivity index (χ1v) is 7.68. The first-order valence-electron chi connectivity index (χ1n) is 5.87. The van der Waals surface area contributed by atoms with Crippen molar-refractivity contribution in [1.29, 1.82) is 0 Å². The number of ether oxygens (including phenoxy) is 1. The average molecular weight is 324 g/mol. The zero-order valence-corrected chi connectivity index (χ0v) is 11.7. The Bertz CT molecular complexity index is 741. The van der Waals surface area contributed by atoms with E-state index in [4.69, 9.17) is 14.0 Å². The van der Waals surface area contributed by atoms with Crippen molar-refractivity contribution in [2.75, 3.05) is 12.9 Å². The van der Waals surface area contributed by atoms with Crippen molar-refractivity contribution in [2.24, 2.45) is 0 Å². The van der Waals surface area contributed by atoms with Crippen molar-refractivity contribution in [1.82, 2.24) is 9.55 Å². The molecule has 1 aliphatic rings. The van der Waals surface area contributed by atoms with E-state index in [1.807, 2.05) is 0 Å². The van der Waals surface area contributed by atoms with Crippen molar-refractivity contribution < 1.29 is 26.8 Å². The second-order valence-electron chi connectivity index (χ2n) is 4.53. The average Bonchev–Trinajstić information content (AvgIpc) is 2.74. The number of H-pyrrole nitrogens is 1. The first-order chi connectivity index (χ1) is 9.71. The number of halogens is 1. The van der Waals surface area contributed by atoms with Crippen LogP contribution in [0.4, 0.5) is 4.39 Å². The molecule has 0 bridgehead atoms. The van der Waals surface area contributed by atoms with Gasteiger partial charge in [-0.15, -0.1) is 0 Å². The van der Waals surface area contributed by atoms with Gasteiger partial charge in [0, 0.05) is 6.42 Å². The number of rotatable bonds is 4. The summed E-state index contributed by atoms with van der Waals surface area (Å²) in [5, 5.41) is 9.15. The molecule has 2 rings (SSSR count). The Kier molecular flexibility index (Phi) is 4.27. The zero-order valence-electron chi connectivity index (χ0n) is 10.9. The molecule has 0 aromatic carbocycles. The number of hydrogen-bond acceptors (Lipinski definition) is 7. The molecule has 0 amide bonds. The molecule has 1 fully saturated rings. The summed E-state index contributed by atoms with van der Waals surface area (Å²) in [6.07, 6.45) is -1.69. The van der Waals surface area contributed by atoms with Gasteiger partial charge in [0.05, 0.1) is 19.1 Å². The molecule has 2 N–H and O–H groups in total. The van der Waals surface area contributed by atoms with Crippen molar-refractivity contribution >= 4 is 10.1 Å². The van der Waals surface area contributed by atoms with E-state index < -0.39 is 52.2 Å². The van der Waals surface area contributed by atoms with Crippen LogP contribution in [0.1, 0.15) is 12.6 Å². The van der Waals surface area contributed by atoms with E-state index in [1.165, 1.54) is 0 Å².